The summed E-state index contributed by atoms with van der Waals surface area (Å²) in [7, 11) is 0. The highest BCUT2D eigenvalue weighted by molar-refractivity contribution is 5.80. The number of aryl methyl sites for hydroxylation is 1. The Morgan fingerprint density at radius 1 is 1.50 bits per heavy atom. The smallest absolute Gasteiger partial charge is 0.326 e. The second kappa shape index (κ2) is 6.83. The minimum Gasteiger partial charge on any atom is -0.465 e. The van der Waals surface area contributed by atoms with Crippen LogP contribution in [0.4, 0.5) is 0 Å². The fourth-order valence-corrected chi connectivity index (χ4v) is 2.30. The maximum atomic E-state index is 12.1. The first-order valence-electron chi connectivity index (χ1n) is 7.41. The average Bonchev–Trinajstić information content (AvgIpc) is 3.07. The molecule has 0 aliphatic heterocycles. The number of rotatable bonds is 9. The Morgan fingerprint density at radius 2 is 2.30 bits per heavy atom. The number of ether oxygens (including phenoxy) is 1. The lowest BCUT2D eigenvalue weighted by Crippen LogP contribution is -2.51. The van der Waals surface area contributed by atoms with E-state index in [1.807, 2.05) is 18.5 Å². The summed E-state index contributed by atoms with van der Waals surface area (Å²) in [5, 5.41) is 7.51. The molecule has 1 aliphatic rings. The summed E-state index contributed by atoms with van der Waals surface area (Å²) in [5.74, 6) is -0.132. The molecule has 0 spiro atoms. The van der Waals surface area contributed by atoms with Crippen molar-refractivity contribution in [1.82, 2.24) is 20.1 Å². The molecule has 0 bridgehead atoms. The van der Waals surface area contributed by atoms with E-state index in [0.29, 0.717) is 12.6 Å². The van der Waals surface area contributed by atoms with Gasteiger partial charge in [0.2, 0.25) is 0 Å². The Kier molecular flexibility index (Phi) is 5.11. The van der Waals surface area contributed by atoms with Gasteiger partial charge in [0.1, 0.15) is 18.2 Å². The van der Waals surface area contributed by atoms with Gasteiger partial charge in [0.05, 0.1) is 6.61 Å². The molecule has 1 heterocycles. The van der Waals surface area contributed by atoms with Crippen molar-refractivity contribution in [3.8, 4) is 0 Å². The van der Waals surface area contributed by atoms with Crippen LogP contribution in [-0.4, -0.2) is 38.9 Å². The lowest BCUT2D eigenvalue weighted by Gasteiger charge is -2.28. The van der Waals surface area contributed by atoms with Crippen molar-refractivity contribution in [1.29, 1.82) is 0 Å². The predicted molar refractivity (Wildman–Crippen MR) is 75.1 cm³/mol. The highest BCUT2D eigenvalue weighted by atomic mass is 16.5. The zero-order valence-electron chi connectivity index (χ0n) is 12.3. The molecule has 20 heavy (non-hydrogen) atoms. The van der Waals surface area contributed by atoms with E-state index in [1.165, 1.54) is 6.33 Å². The third-order valence-electron chi connectivity index (χ3n) is 3.61. The number of nitrogens with zero attached hydrogens (tertiary/aromatic N) is 3. The second-order valence-corrected chi connectivity index (χ2v) is 5.59. The highest BCUT2D eigenvalue weighted by Crippen LogP contribution is 2.26. The van der Waals surface area contributed by atoms with Crippen LogP contribution in [-0.2, 0) is 16.1 Å². The molecule has 112 valence electrons. The van der Waals surface area contributed by atoms with Crippen LogP contribution in [0, 0.1) is 0 Å². The number of aromatic nitrogens is 3. The van der Waals surface area contributed by atoms with Crippen LogP contribution in [0.25, 0.3) is 0 Å². The maximum absolute atomic E-state index is 12.1. The normalized spacial score (nSPS) is 17.7. The Morgan fingerprint density at radius 3 is 2.90 bits per heavy atom. The number of nitrogens with one attached hydrogen (secondary N) is 1. The number of esters is 1. The van der Waals surface area contributed by atoms with E-state index in [2.05, 4.69) is 15.4 Å². The minimum absolute atomic E-state index is 0.132. The maximum Gasteiger partial charge on any atom is 0.326 e. The molecule has 1 unspecified atom stereocenters. The van der Waals surface area contributed by atoms with Gasteiger partial charge in [0.25, 0.3) is 0 Å². The number of unbranched alkanes of at least 4 members (excludes halogenated alkanes) is 1. The van der Waals surface area contributed by atoms with Crippen LogP contribution >= 0.6 is 0 Å². The fourth-order valence-electron chi connectivity index (χ4n) is 2.30. The molecule has 6 nitrogen and oxygen atoms in total. The fraction of sp³-hybridized carbons (Fsp3) is 0.786. The zero-order chi connectivity index (χ0) is 14.4. The van der Waals surface area contributed by atoms with E-state index < -0.39 is 5.54 Å². The van der Waals surface area contributed by atoms with Crippen molar-refractivity contribution in [2.45, 2.75) is 64.1 Å². The van der Waals surface area contributed by atoms with Gasteiger partial charge < -0.3 is 4.74 Å². The molecule has 1 aromatic heterocycles. The molecule has 0 radical (unpaired) electrons. The van der Waals surface area contributed by atoms with E-state index in [0.717, 1.165) is 38.6 Å². The number of hydrogen-bond donors (Lipinski definition) is 1. The highest BCUT2D eigenvalue weighted by Gasteiger charge is 2.38. The lowest BCUT2D eigenvalue weighted by atomic mass is 9.94. The summed E-state index contributed by atoms with van der Waals surface area (Å²) in [5.41, 5.74) is -0.556. The van der Waals surface area contributed by atoms with E-state index >= 15 is 0 Å². The van der Waals surface area contributed by atoms with Gasteiger partial charge in [0, 0.05) is 12.6 Å². The van der Waals surface area contributed by atoms with Gasteiger partial charge >= 0.3 is 5.97 Å². The molecule has 1 aromatic rings. The molecule has 1 aliphatic carbocycles. The van der Waals surface area contributed by atoms with Crippen LogP contribution < -0.4 is 5.32 Å². The summed E-state index contributed by atoms with van der Waals surface area (Å²) >= 11 is 0. The summed E-state index contributed by atoms with van der Waals surface area (Å²) < 4.78 is 7.03. The molecule has 0 saturated heterocycles. The molecular weight excluding hydrogens is 256 g/mol. The number of hydrogen-bond acceptors (Lipinski definition) is 5. The summed E-state index contributed by atoms with van der Waals surface area (Å²) in [6, 6.07) is 0.486. The van der Waals surface area contributed by atoms with Gasteiger partial charge in [-0.05, 0) is 46.0 Å². The Bertz CT molecular complexity index is 417. The third kappa shape index (κ3) is 4.30. The Hall–Kier alpha value is -1.43. The summed E-state index contributed by atoms with van der Waals surface area (Å²) in [6.07, 6.45) is 8.29. The number of carbonyl (C=O) groups is 1. The van der Waals surface area contributed by atoms with E-state index in [4.69, 9.17) is 4.74 Å². The van der Waals surface area contributed by atoms with Crippen LogP contribution in [0.2, 0.25) is 0 Å². The number of carbonyl (C=O) groups excluding carboxylic acids is 1. The molecule has 0 amide bonds. The molecule has 1 N–H and O–H groups in total. The first-order valence-corrected chi connectivity index (χ1v) is 7.41. The van der Waals surface area contributed by atoms with Gasteiger partial charge in [-0.15, -0.1) is 0 Å². The van der Waals surface area contributed by atoms with Crippen molar-refractivity contribution in [2.75, 3.05) is 6.61 Å². The van der Waals surface area contributed by atoms with E-state index in [9.17, 15) is 4.79 Å². The zero-order valence-corrected chi connectivity index (χ0v) is 12.3. The van der Waals surface area contributed by atoms with Crippen LogP contribution in [0.5, 0.6) is 0 Å². The van der Waals surface area contributed by atoms with Gasteiger partial charge in [-0.2, -0.15) is 5.10 Å². The van der Waals surface area contributed by atoms with Gasteiger partial charge in [-0.25, -0.2) is 4.98 Å². The first-order chi connectivity index (χ1) is 9.64. The summed E-state index contributed by atoms with van der Waals surface area (Å²) in [6.45, 7) is 5.07. The van der Waals surface area contributed by atoms with Crippen molar-refractivity contribution in [3.63, 3.8) is 0 Å². The summed E-state index contributed by atoms with van der Waals surface area (Å²) in [4.78, 5) is 16.1. The molecule has 2 rings (SSSR count). The topological polar surface area (TPSA) is 69.0 Å². The second-order valence-electron chi connectivity index (χ2n) is 5.59. The van der Waals surface area contributed by atoms with Crippen molar-refractivity contribution in [2.24, 2.45) is 0 Å². The Labute approximate surface area is 119 Å². The monoisotopic (exact) mass is 280 g/mol. The van der Waals surface area contributed by atoms with Crippen LogP contribution in [0.3, 0.4) is 0 Å². The van der Waals surface area contributed by atoms with Crippen molar-refractivity contribution < 1.29 is 9.53 Å². The molecule has 1 atom stereocenters. The standard InChI is InChI=1S/C14H24N4O2/c1-3-20-13(19)14(2,17-12-6-7-12)8-4-5-9-18-11-15-10-16-18/h10-12,17H,3-9H2,1-2H3. The molecular formula is C14H24N4O2. The van der Waals surface area contributed by atoms with Crippen LogP contribution in [0.1, 0.15) is 46.0 Å². The average molecular weight is 280 g/mol. The largest absolute Gasteiger partial charge is 0.465 e. The van der Waals surface area contributed by atoms with Gasteiger partial charge in [-0.3, -0.25) is 14.8 Å². The van der Waals surface area contributed by atoms with Crippen molar-refractivity contribution in [3.05, 3.63) is 12.7 Å². The van der Waals surface area contributed by atoms with Crippen LogP contribution in [0.15, 0.2) is 12.7 Å². The van der Waals surface area contributed by atoms with E-state index in [-0.39, 0.29) is 5.97 Å². The van der Waals surface area contributed by atoms with E-state index in [1.54, 1.807) is 6.33 Å². The molecule has 1 saturated carbocycles. The third-order valence-corrected chi connectivity index (χ3v) is 3.61. The Balaban J connectivity index is 1.78. The predicted octanol–water partition coefficient (Wildman–Crippen LogP) is 1.52. The van der Waals surface area contributed by atoms with Gasteiger partial charge in [0.15, 0.2) is 0 Å². The lowest BCUT2D eigenvalue weighted by molar-refractivity contribution is -0.151. The van der Waals surface area contributed by atoms with Gasteiger partial charge in [-0.1, -0.05) is 0 Å². The quantitative estimate of drug-likeness (QED) is 0.548. The minimum atomic E-state index is -0.556. The SMILES string of the molecule is CCOC(=O)C(C)(CCCCn1cncn1)NC1CC1. The molecule has 1 fully saturated rings. The molecule has 6 heteroatoms. The first kappa shape index (κ1) is 15.0. The molecule has 0 aromatic carbocycles. The van der Waals surface area contributed by atoms with Crippen molar-refractivity contribution >= 4 is 5.97 Å².